The van der Waals surface area contributed by atoms with Crippen molar-refractivity contribution in [3.8, 4) is 0 Å². The van der Waals surface area contributed by atoms with Gasteiger partial charge in [0.2, 0.25) is 0 Å². The molecule has 0 radical (unpaired) electrons. The molecule has 9 nitrogen and oxygen atoms in total. The predicted molar refractivity (Wildman–Crippen MR) is 100 cm³/mol. The first-order chi connectivity index (χ1) is 14.2. The quantitative estimate of drug-likeness (QED) is 0.436. The molecule has 0 bridgehead atoms. The summed E-state index contributed by atoms with van der Waals surface area (Å²) in [5.41, 5.74) is 1.23. The zero-order valence-electron chi connectivity index (χ0n) is 16.9. The van der Waals surface area contributed by atoms with E-state index < -0.39 is 43.2 Å². The molecule has 9 unspecified atom stereocenters. The Morgan fingerprint density at radius 2 is 1.83 bits per heavy atom. The molecule has 9 heteroatoms. The second-order valence-corrected chi connectivity index (χ2v) is 8.71. The number of allylic oxidation sites excluding steroid dienone is 2. The van der Waals surface area contributed by atoms with Gasteiger partial charge < -0.3 is 34.6 Å². The summed E-state index contributed by atoms with van der Waals surface area (Å²) in [6.07, 6.45) is -3.90. The molecule has 4 aliphatic rings. The average Bonchev–Trinajstić information content (AvgIpc) is 3.14. The van der Waals surface area contributed by atoms with Crippen LogP contribution in [0.15, 0.2) is 23.0 Å². The van der Waals surface area contributed by atoms with Gasteiger partial charge in [0.1, 0.15) is 30.2 Å². The van der Waals surface area contributed by atoms with Crippen molar-refractivity contribution in [1.29, 1.82) is 0 Å². The Morgan fingerprint density at radius 3 is 2.53 bits per heavy atom. The fourth-order valence-corrected chi connectivity index (χ4v) is 4.97. The number of carbonyl (C=O) groups excluding carboxylic acids is 2. The van der Waals surface area contributed by atoms with Crippen molar-refractivity contribution in [3.63, 3.8) is 0 Å². The van der Waals surface area contributed by atoms with Gasteiger partial charge in [-0.2, -0.15) is 0 Å². The van der Waals surface area contributed by atoms with Crippen LogP contribution in [0, 0.1) is 23.7 Å². The molecule has 30 heavy (non-hydrogen) atoms. The number of carbonyl (C=O) groups is 2. The van der Waals surface area contributed by atoms with Crippen LogP contribution in [-0.4, -0.2) is 76.1 Å². The van der Waals surface area contributed by atoms with Crippen molar-refractivity contribution in [2.24, 2.45) is 23.7 Å². The first-order valence-electron chi connectivity index (χ1n) is 10.4. The maximum Gasteiger partial charge on any atom is 0.314 e. The van der Waals surface area contributed by atoms with Crippen molar-refractivity contribution in [3.05, 3.63) is 23.0 Å². The number of ketones is 1. The Labute approximate surface area is 173 Å². The molecule has 0 amide bonds. The predicted octanol–water partition coefficient (Wildman–Crippen LogP) is -0.579. The lowest BCUT2D eigenvalue weighted by Gasteiger charge is -2.39. The van der Waals surface area contributed by atoms with Gasteiger partial charge in [-0.3, -0.25) is 9.59 Å². The lowest BCUT2D eigenvalue weighted by molar-refractivity contribution is -0.298. The Bertz CT molecular complexity index is 785. The number of esters is 1. The zero-order chi connectivity index (χ0) is 21.7. The van der Waals surface area contributed by atoms with Crippen LogP contribution in [0.1, 0.15) is 26.7 Å². The van der Waals surface area contributed by atoms with Gasteiger partial charge in [-0.05, 0) is 30.4 Å². The first kappa shape index (κ1) is 21.6. The topological polar surface area (TPSA) is 143 Å². The van der Waals surface area contributed by atoms with Crippen LogP contribution < -0.4 is 0 Å². The molecule has 0 spiro atoms. The molecule has 2 heterocycles. The number of hydrogen-bond donors (Lipinski definition) is 4. The minimum Gasteiger partial charge on any atom is -0.430 e. The monoisotopic (exact) mass is 424 g/mol. The standard InChI is InChI=1S/C21H28O9/c1-8-3-4-11-9(2)20(27)30-19(11)15-10(5-12(23)14(8)15)7-28-21-18(26)17(25)16(24)13(6-22)29-21/h5,8-9,11,13-14,16-18,21-22,24-26H,3-4,6-7H2,1-2H3. The number of aliphatic hydroxyl groups is 4. The summed E-state index contributed by atoms with van der Waals surface area (Å²) in [6, 6.07) is 0. The van der Waals surface area contributed by atoms with Crippen LogP contribution in [0.3, 0.4) is 0 Å². The van der Waals surface area contributed by atoms with Gasteiger partial charge >= 0.3 is 5.97 Å². The van der Waals surface area contributed by atoms with Gasteiger partial charge in [-0.25, -0.2) is 0 Å². The van der Waals surface area contributed by atoms with E-state index in [-0.39, 0.29) is 36.1 Å². The third-order valence-corrected chi connectivity index (χ3v) is 6.82. The molecule has 2 aliphatic carbocycles. The minimum absolute atomic E-state index is 0.0753. The smallest absolute Gasteiger partial charge is 0.314 e. The first-order valence-corrected chi connectivity index (χ1v) is 10.4. The summed E-state index contributed by atoms with van der Waals surface area (Å²) in [5, 5.41) is 39.3. The Balaban J connectivity index is 1.58. The van der Waals surface area contributed by atoms with Crippen molar-refractivity contribution >= 4 is 11.8 Å². The molecule has 0 aromatic carbocycles. The molecule has 166 valence electrons. The van der Waals surface area contributed by atoms with Crippen molar-refractivity contribution in [2.45, 2.75) is 57.4 Å². The fraction of sp³-hybridized carbons (Fsp3) is 0.714. The van der Waals surface area contributed by atoms with E-state index in [1.165, 1.54) is 6.08 Å². The van der Waals surface area contributed by atoms with Crippen molar-refractivity contribution in [2.75, 3.05) is 13.2 Å². The molecule has 2 aliphatic heterocycles. The Kier molecular flexibility index (Phi) is 5.86. The molecule has 2 saturated heterocycles. The van der Waals surface area contributed by atoms with Gasteiger partial charge in [0.25, 0.3) is 0 Å². The van der Waals surface area contributed by atoms with E-state index in [2.05, 4.69) is 0 Å². The number of hydrogen-bond acceptors (Lipinski definition) is 9. The van der Waals surface area contributed by atoms with Crippen LogP contribution in [0.5, 0.6) is 0 Å². The molecular weight excluding hydrogens is 396 g/mol. The molecule has 9 atom stereocenters. The van der Waals surface area contributed by atoms with E-state index >= 15 is 0 Å². The largest absolute Gasteiger partial charge is 0.430 e. The van der Waals surface area contributed by atoms with E-state index in [0.29, 0.717) is 16.9 Å². The van der Waals surface area contributed by atoms with Gasteiger partial charge in [-0.1, -0.05) is 13.8 Å². The van der Waals surface area contributed by atoms with Crippen LogP contribution >= 0.6 is 0 Å². The summed E-state index contributed by atoms with van der Waals surface area (Å²) in [6.45, 7) is 3.16. The molecule has 0 aromatic heterocycles. The van der Waals surface area contributed by atoms with E-state index in [1.54, 1.807) is 0 Å². The fourth-order valence-electron chi connectivity index (χ4n) is 4.97. The maximum absolute atomic E-state index is 12.7. The minimum atomic E-state index is -1.55. The maximum atomic E-state index is 12.7. The summed E-state index contributed by atoms with van der Waals surface area (Å²) in [4.78, 5) is 24.9. The van der Waals surface area contributed by atoms with E-state index in [0.717, 1.165) is 12.8 Å². The lowest BCUT2D eigenvalue weighted by Crippen LogP contribution is -2.59. The summed E-state index contributed by atoms with van der Waals surface area (Å²) in [5.74, 6) is -0.522. The summed E-state index contributed by atoms with van der Waals surface area (Å²) >= 11 is 0. The average molecular weight is 424 g/mol. The lowest BCUT2D eigenvalue weighted by atomic mass is 9.85. The normalized spacial score (nSPS) is 43.8. The summed E-state index contributed by atoms with van der Waals surface area (Å²) < 4.78 is 16.6. The summed E-state index contributed by atoms with van der Waals surface area (Å²) in [7, 11) is 0. The molecule has 0 saturated carbocycles. The SMILES string of the molecule is CC1CCC2C(=C3C(COC4OC(CO)C(O)C(O)C4O)=CC(=O)C31)OC(=O)C2C. The van der Waals surface area contributed by atoms with Crippen LogP contribution in [0.4, 0.5) is 0 Å². The molecule has 4 N–H and O–H groups in total. The third kappa shape index (κ3) is 3.43. The molecular formula is C21H28O9. The van der Waals surface area contributed by atoms with E-state index in [1.807, 2.05) is 13.8 Å². The number of rotatable bonds is 4. The second-order valence-electron chi connectivity index (χ2n) is 8.71. The van der Waals surface area contributed by atoms with Gasteiger partial charge in [0, 0.05) is 11.5 Å². The van der Waals surface area contributed by atoms with Gasteiger partial charge in [0.05, 0.1) is 25.0 Å². The molecule has 4 rings (SSSR count). The van der Waals surface area contributed by atoms with Crippen LogP contribution in [0.25, 0.3) is 0 Å². The second kappa shape index (κ2) is 8.14. The molecule has 0 aromatic rings. The highest BCUT2D eigenvalue weighted by Crippen LogP contribution is 2.49. The Morgan fingerprint density at radius 1 is 1.10 bits per heavy atom. The zero-order valence-corrected chi connectivity index (χ0v) is 16.9. The third-order valence-electron chi connectivity index (χ3n) is 6.82. The van der Waals surface area contributed by atoms with Gasteiger partial charge in [-0.15, -0.1) is 0 Å². The molecule has 2 fully saturated rings. The van der Waals surface area contributed by atoms with E-state index in [4.69, 9.17) is 14.2 Å². The highest BCUT2D eigenvalue weighted by atomic mass is 16.7. The van der Waals surface area contributed by atoms with Crippen molar-refractivity contribution < 1.29 is 44.2 Å². The number of ether oxygens (including phenoxy) is 3. The van der Waals surface area contributed by atoms with Crippen molar-refractivity contribution in [1.82, 2.24) is 0 Å². The highest BCUT2D eigenvalue weighted by molar-refractivity contribution is 6.00. The number of fused-ring (bicyclic) bond motifs is 2. The number of aliphatic hydroxyl groups excluding tert-OH is 4. The van der Waals surface area contributed by atoms with Crippen LogP contribution in [-0.2, 0) is 23.8 Å². The Hall–Kier alpha value is -1.62. The highest BCUT2D eigenvalue weighted by Gasteiger charge is 2.49. The van der Waals surface area contributed by atoms with Gasteiger partial charge in [0.15, 0.2) is 12.1 Å². The van der Waals surface area contributed by atoms with E-state index in [9.17, 15) is 30.0 Å². The van der Waals surface area contributed by atoms with Crippen LogP contribution in [0.2, 0.25) is 0 Å².